The molecule has 1 atom stereocenters. The molecule has 1 saturated heterocycles. The van der Waals surface area contributed by atoms with E-state index < -0.39 is 12.4 Å². The zero-order valence-corrected chi connectivity index (χ0v) is 17.4. The average molecular weight is 431 g/mol. The van der Waals surface area contributed by atoms with Crippen LogP contribution < -0.4 is 10.1 Å². The topological polar surface area (TPSA) is 71.1 Å². The van der Waals surface area contributed by atoms with Crippen molar-refractivity contribution in [2.45, 2.75) is 39.6 Å². The lowest BCUT2D eigenvalue weighted by Crippen LogP contribution is -2.44. The van der Waals surface area contributed by atoms with E-state index in [-0.39, 0.29) is 23.7 Å². The van der Waals surface area contributed by atoms with Crippen LogP contribution in [0, 0.1) is 5.92 Å². The number of alkyl halides is 3. The summed E-state index contributed by atoms with van der Waals surface area (Å²) in [5, 5.41) is 2.69. The minimum Gasteiger partial charge on any atom is -0.449 e. The minimum absolute atomic E-state index is 0.259. The van der Waals surface area contributed by atoms with Crippen molar-refractivity contribution in [3.8, 4) is 5.75 Å². The molecule has 0 radical (unpaired) electrons. The Morgan fingerprint density at radius 3 is 2.33 bits per heavy atom. The van der Waals surface area contributed by atoms with Gasteiger partial charge in [-0.1, -0.05) is 13.8 Å². The molecule has 168 valence electrons. The first-order valence-corrected chi connectivity index (χ1v) is 9.87. The van der Waals surface area contributed by atoms with E-state index in [1.807, 2.05) is 18.7 Å². The summed E-state index contributed by atoms with van der Waals surface area (Å²) in [6.07, 6.45) is -4.40. The fourth-order valence-corrected chi connectivity index (χ4v) is 2.99. The molecule has 0 bridgehead atoms. The molecule has 2 rings (SSSR count). The van der Waals surface area contributed by atoms with Gasteiger partial charge in [0.1, 0.15) is 5.75 Å². The van der Waals surface area contributed by atoms with Crippen LogP contribution in [0.15, 0.2) is 24.3 Å². The quantitative estimate of drug-likeness (QED) is 0.744. The van der Waals surface area contributed by atoms with Gasteiger partial charge < -0.3 is 19.7 Å². The van der Waals surface area contributed by atoms with Crippen LogP contribution in [0.2, 0.25) is 0 Å². The molecule has 1 N–H and O–H groups in total. The van der Waals surface area contributed by atoms with Crippen molar-refractivity contribution in [3.63, 3.8) is 0 Å². The first-order chi connectivity index (χ1) is 14.0. The largest absolute Gasteiger partial charge is 0.573 e. The molecule has 1 aliphatic heterocycles. The van der Waals surface area contributed by atoms with Crippen molar-refractivity contribution in [2.24, 2.45) is 5.92 Å². The SMILES string of the molecule is CC(C)COC(=O)N1CCCN(C(C)C(=O)Nc2ccc(OC(F)(F)F)cc2)CC1. The van der Waals surface area contributed by atoms with E-state index >= 15 is 0 Å². The molecule has 7 nitrogen and oxygen atoms in total. The fourth-order valence-electron chi connectivity index (χ4n) is 2.99. The van der Waals surface area contributed by atoms with Gasteiger partial charge in [-0.25, -0.2) is 4.79 Å². The fraction of sp³-hybridized carbons (Fsp3) is 0.600. The number of halogens is 3. The highest BCUT2D eigenvalue weighted by Crippen LogP contribution is 2.24. The number of hydrogen-bond donors (Lipinski definition) is 1. The van der Waals surface area contributed by atoms with E-state index in [9.17, 15) is 22.8 Å². The second-order valence-corrected chi connectivity index (χ2v) is 7.58. The first-order valence-electron chi connectivity index (χ1n) is 9.87. The zero-order chi connectivity index (χ0) is 22.3. The molecule has 1 unspecified atom stereocenters. The molecule has 0 aromatic heterocycles. The van der Waals surface area contributed by atoms with Crippen LogP contribution in [0.4, 0.5) is 23.7 Å². The van der Waals surface area contributed by atoms with E-state index in [1.54, 1.807) is 11.8 Å². The summed E-state index contributed by atoms with van der Waals surface area (Å²) in [7, 11) is 0. The van der Waals surface area contributed by atoms with Gasteiger partial charge in [-0.2, -0.15) is 0 Å². The lowest BCUT2D eigenvalue weighted by Gasteiger charge is -2.27. The Morgan fingerprint density at radius 1 is 1.07 bits per heavy atom. The molecular weight excluding hydrogens is 403 g/mol. The third kappa shape index (κ3) is 7.74. The van der Waals surface area contributed by atoms with E-state index in [1.165, 1.54) is 12.1 Å². The second-order valence-electron chi connectivity index (χ2n) is 7.58. The molecule has 1 aromatic carbocycles. The highest BCUT2D eigenvalue weighted by atomic mass is 19.4. The van der Waals surface area contributed by atoms with Gasteiger partial charge in [0.15, 0.2) is 0 Å². The summed E-state index contributed by atoms with van der Waals surface area (Å²) in [5.41, 5.74) is 0.370. The summed E-state index contributed by atoms with van der Waals surface area (Å²) in [5.74, 6) is -0.379. The third-order valence-corrected chi connectivity index (χ3v) is 4.61. The van der Waals surface area contributed by atoms with E-state index in [2.05, 4.69) is 10.1 Å². The highest BCUT2D eigenvalue weighted by molar-refractivity contribution is 5.94. The van der Waals surface area contributed by atoms with Crippen LogP contribution >= 0.6 is 0 Å². The van der Waals surface area contributed by atoms with Crippen molar-refractivity contribution in [2.75, 3.05) is 38.1 Å². The van der Waals surface area contributed by atoms with Crippen LogP contribution in [0.25, 0.3) is 0 Å². The molecule has 0 spiro atoms. The Morgan fingerprint density at radius 2 is 1.73 bits per heavy atom. The van der Waals surface area contributed by atoms with Gasteiger partial charge in [0.25, 0.3) is 0 Å². The van der Waals surface area contributed by atoms with E-state index in [0.29, 0.717) is 44.9 Å². The zero-order valence-electron chi connectivity index (χ0n) is 17.4. The van der Waals surface area contributed by atoms with Gasteiger partial charge >= 0.3 is 12.5 Å². The number of amides is 2. The van der Waals surface area contributed by atoms with E-state index in [4.69, 9.17) is 4.74 Å². The Kier molecular flexibility index (Phi) is 8.33. The predicted molar refractivity (Wildman–Crippen MR) is 105 cm³/mol. The Bertz CT molecular complexity index is 710. The van der Waals surface area contributed by atoms with Crippen molar-refractivity contribution < 1.29 is 32.2 Å². The number of ether oxygens (including phenoxy) is 2. The maximum Gasteiger partial charge on any atom is 0.573 e. The third-order valence-electron chi connectivity index (χ3n) is 4.61. The van der Waals surface area contributed by atoms with Crippen LogP contribution in [-0.2, 0) is 9.53 Å². The summed E-state index contributed by atoms with van der Waals surface area (Å²) in [4.78, 5) is 28.3. The molecule has 1 aliphatic rings. The number of hydrogen-bond acceptors (Lipinski definition) is 5. The lowest BCUT2D eigenvalue weighted by atomic mass is 10.2. The summed E-state index contributed by atoms with van der Waals surface area (Å²) >= 11 is 0. The van der Waals surface area contributed by atoms with Crippen molar-refractivity contribution in [1.29, 1.82) is 0 Å². The molecule has 0 aliphatic carbocycles. The molecule has 1 heterocycles. The standard InChI is InChI=1S/C20H28F3N3O4/c1-14(2)13-29-19(28)26-10-4-9-25(11-12-26)15(3)18(27)24-16-5-7-17(8-6-16)30-20(21,22)23/h5-8,14-15H,4,9-13H2,1-3H3,(H,24,27). The number of carbonyl (C=O) groups is 2. The summed E-state index contributed by atoms with van der Waals surface area (Å²) < 4.78 is 45.8. The number of nitrogens with one attached hydrogen (secondary N) is 1. The van der Waals surface area contributed by atoms with Gasteiger partial charge in [0.2, 0.25) is 5.91 Å². The summed E-state index contributed by atoms with van der Waals surface area (Å²) in [6, 6.07) is 4.50. The van der Waals surface area contributed by atoms with Crippen LogP contribution in [0.3, 0.4) is 0 Å². The molecular formula is C20H28F3N3O4. The number of carbonyl (C=O) groups excluding carboxylic acids is 2. The van der Waals surface area contributed by atoms with E-state index in [0.717, 1.165) is 12.1 Å². The number of benzene rings is 1. The van der Waals surface area contributed by atoms with Gasteiger partial charge in [-0.15, -0.1) is 13.2 Å². The Labute approximate surface area is 174 Å². The maximum absolute atomic E-state index is 12.6. The molecule has 10 heteroatoms. The van der Waals surface area contributed by atoms with Gasteiger partial charge in [0.05, 0.1) is 12.6 Å². The highest BCUT2D eigenvalue weighted by Gasteiger charge is 2.31. The molecule has 1 aromatic rings. The second kappa shape index (κ2) is 10.5. The number of nitrogens with zero attached hydrogens (tertiary/aromatic N) is 2. The van der Waals surface area contributed by atoms with Gasteiger partial charge in [-0.05, 0) is 43.5 Å². The number of anilines is 1. The normalized spacial score (nSPS) is 16.7. The minimum atomic E-state index is -4.76. The molecule has 1 fully saturated rings. The van der Waals surface area contributed by atoms with Crippen molar-refractivity contribution in [3.05, 3.63) is 24.3 Å². The summed E-state index contributed by atoms with van der Waals surface area (Å²) in [6.45, 7) is 8.22. The van der Waals surface area contributed by atoms with Crippen molar-refractivity contribution in [1.82, 2.24) is 9.80 Å². The van der Waals surface area contributed by atoms with Crippen LogP contribution in [-0.4, -0.2) is 67.0 Å². The smallest absolute Gasteiger partial charge is 0.449 e. The number of rotatable bonds is 6. The lowest BCUT2D eigenvalue weighted by molar-refractivity contribution is -0.274. The van der Waals surface area contributed by atoms with Crippen LogP contribution in [0.1, 0.15) is 27.2 Å². The van der Waals surface area contributed by atoms with Gasteiger partial charge in [0, 0.05) is 31.9 Å². The maximum atomic E-state index is 12.6. The average Bonchev–Trinajstić information content (AvgIpc) is 2.92. The van der Waals surface area contributed by atoms with Crippen LogP contribution in [0.5, 0.6) is 5.75 Å². The molecule has 2 amide bonds. The molecule has 0 saturated carbocycles. The Balaban J connectivity index is 1.86. The Hall–Kier alpha value is -2.49. The monoisotopic (exact) mass is 431 g/mol. The van der Waals surface area contributed by atoms with Gasteiger partial charge in [-0.3, -0.25) is 9.69 Å². The first kappa shape index (κ1) is 23.8. The predicted octanol–water partition coefficient (Wildman–Crippen LogP) is 3.71. The van der Waals surface area contributed by atoms with Crippen molar-refractivity contribution >= 4 is 17.7 Å². The molecule has 30 heavy (non-hydrogen) atoms.